The van der Waals surface area contributed by atoms with Gasteiger partial charge in [0, 0.05) is 32.2 Å². The minimum absolute atomic E-state index is 0.0608. The predicted molar refractivity (Wildman–Crippen MR) is 99.7 cm³/mol. The molecule has 1 aromatic carbocycles. The zero-order chi connectivity index (χ0) is 17.6. The minimum atomic E-state index is -0.170. The SMILES string of the molecule is Cc1ccccc1CCNC(=O)N1CCC(N2CCC[C@H](O)C2)CC1. The molecule has 5 heteroatoms. The summed E-state index contributed by atoms with van der Waals surface area (Å²) in [4.78, 5) is 16.7. The molecule has 2 N–H and O–H groups in total. The predicted octanol–water partition coefficient (Wildman–Crippen LogP) is 2.17. The Morgan fingerprint density at radius 2 is 1.96 bits per heavy atom. The van der Waals surface area contributed by atoms with E-state index >= 15 is 0 Å². The van der Waals surface area contributed by atoms with Gasteiger partial charge in [-0.15, -0.1) is 0 Å². The van der Waals surface area contributed by atoms with Crippen molar-refractivity contribution in [2.75, 3.05) is 32.7 Å². The Hall–Kier alpha value is -1.59. The molecule has 2 aliphatic heterocycles. The van der Waals surface area contributed by atoms with E-state index in [0.29, 0.717) is 12.6 Å². The quantitative estimate of drug-likeness (QED) is 0.879. The number of β-amino-alcohol motifs (C(OH)–C–C–N with tert-alkyl or cyclic N) is 1. The number of hydrogen-bond acceptors (Lipinski definition) is 3. The molecular formula is C20H31N3O2. The average molecular weight is 345 g/mol. The summed E-state index contributed by atoms with van der Waals surface area (Å²) in [6.45, 7) is 6.31. The summed E-state index contributed by atoms with van der Waals surface area (Å²) in [7, 11) is 0. The number of aryl methyl sites for hydroxylation is 1. The Balaban J connectivity index is 1.39. The summed E-state index contributed by atoms with van der Waals surface area (Å²) in [5.74, 6) is 0. The Morgan fingerprint density at radius 1 is 1.20 bits per heavy atom. The number of piperidine rings is 2. The molecule has 0 saturated carbocycles. The Kier molecular flexibility index (Phi) is 6.32. The fourth-order valence-electron chi connectivity index (χ4n) is 4.06. The summed E-state index contributed by atoms with van der Waals surface area (Å²) in [5, 5.41) is 12.9. The lowest BCUT2D eigenvalue weighted by Gasteiger charge is -2.41. The van der Waals surface area contributed by atoms with E-state index in [0.717, 1.165) is 58.3 Å². The Morgan fingerprint density at radius 3 is 2.68 bits per heavy atom. The van der Waals surface area contributed by atoms with Crippen molar-refractivity contribution in [1.82, 2.24) is 15.1 Å². The lowest BCUT2D eigenvalue weighted by Crippen LogP contribution is -2.52. The molecule has 25 heavy (non-hydrogen) atoms. The standard InChI is InChI=1S/C20H31N3O2/c1-16-5-2-3-6-17(16)8-11-21-20(25)22-13-9-18(10-14-22)23-12-4-7-19(24)15-23/h2-3,5-6,18-19,24H,4,7-15H2,1H3,(H,21,25)/t19-/m0/s1. The van der Waals surface area contributed by atoms with Crippen molar-refractivity contribution in [2.45, 2.75) is 51.2 Å². The summed E-state index contributed by atoms with van der Waals surface area (Å²) < 4.78 is 0. The second-order valence-electron chi connectivity index (χ2n) is 7.42. The number of hydrogen-bond donors (Lipinski definition) is 2. The Bertz CT molecular complexity index is 570. The summed E-state index contributed by atoms with van der Waals surface area (Å²) in [5.41, 5.74) is 2.58. The molecule has 0 bridgehead atoms. The highest BCUT2D eigenvalue weighted by Gasteiger charge is 2.29. The van der Waals surface area contributed by atoms with Gasteiger partial charge in [-0.3, -0.25) is 4.90 Å². The first-order chi connectivity index (χ1) is 12.1. The summed E-state index contributed by atoms with van der Waals surface area (Å²) >= 11 is 0. The van der Waals surface area contributed by atoms with E-state index in [1.165, 1.54) is 11.1 Å². The lowest BCUT2D eigenvalue weighted by molar-refractivity contribution is 0.0292. The molecule has 0 aliphatic carbocycles. The molecule has 138 valence electrons. The van der Waals surface area contributed by atoms with E-state index < -0.39 is 0 Å². The fraction of sp³-hybridized carbons (Fsp3) is 0.650. The van der Waals surface area contributed by atoms with Crippen molar-refractivity contribution in [3.05, 3.63) is 35.4 Å². The van der Waals surface area contributed by atoms with Crippen molar-refractivity contribution in [3.8, 4) is 0 Å². The molecule has 0 aromatic heterocycles. The van der Waals surface area contributed by atoms with Crippen LogP contribution in [-0.4, -0.2) is 65.8 Å². The van der Waals surface area contributed by atoms with E-state index in [1.807, 2.05) is 17.0 Å². The Labute approximate surface area is 151 Å². The van der Waals surface area contributed by atoms with Gasteiger partial charge in [0.15, 0.2) is 0 Å². The average Bonchev–Trinajstić information content (AvgIpc) is 2.63. The molecular weight excluding hydrogens is 314 g/mol. The highest BCUT2D eigenvalue weighted by atomic mass is 16.3. The van der Waals surface area contributed by atoms with Crippen molar-refractivity contribution in [1.29, 1.82) is 0 Å². The van der Waals surface area contributed by atoms with Gasteiger partial charge in [0.25, 0.3) is 0 Å². The van der Waals surface area contributed by atoms with E-state index in [9.17, 15) is 9.90 Å². The van der Waals surface area contributed by atoms with E-state index in [-0.39, 0.29) is 12.1 Å². The molecule has 3 rings (SSSR count). The van der Waals surface area contributed by atoms with Crippen LogP contribution in [0.25, 0.3) is 0 Å². The van der Waals surface area contributed by atoms with Gasteiger partial charge in [0.2, 0.25) is 0 Å². The van der Waals surface area contributed by atoms with E-state index in [2.05, 4.69) is 29.3 Å². The summed E-state index contributed by atoms with van der Waals surface area (Å²) in [6.07, 6.45) is 4.74. The number of urea groups is 1. The van der Waals surface area contributed by atoms with Gasteiger partial charge in [-0.1, -0.05) is 24.3 Å². The van der Waals surface area contributed by atoms with Gasteiger partial charge in [0.1, 0.15) is 0 Å². The van der Waals surface area contributed by atoms with Crippen LogP contribution in [0.1, 0.15) is 36.8 Å². The van der Waals surface area contributed by atoms with Gasteiger partial charge >= 0.3 is 6.03 Å². The summed E-state index contributed by atoms with van der Waals surface area (Å²) in [6, 6.07) is 8.91. The number of aliphatic hydroxyl groups is 1. The second kappa shape index (κ2) is 8.68. The van der Waals surface area contributed by atoms with Crippen LogP contribution in [0.2, 0.25) is 0 Å². The molecule has 1 atom stereocenters. The molecule has 0 spiro atoms. The third-order valence-electron chi connectivity index (χ3n) is 5.63. The van der Waals surface area contributed by atoms with Crippen molar-refractivity contribution < 1.29 is 9.90 Å². The highest BCUT2D eigenvalue weighted by molar-refractivity contribution is 5.74. The normalized spacial score (nSPS) is 22.8. The minimum Gasteiger partial charge on any atom is -0.392 e. The number of nitrogens with one attached hydrogen (secondary N) is 1. The second-order valence-corrected chi connectivity index (χ2v) is 7.42. The third kappa shape index (κ3) is 4.95. The fourth-order valence-corrected chi connectivity index (χ4v) is 4.06. The van der Waals surface area contributed by atoms with E-state index in [4.69, 9.17) is 0 Å². The number of nitrogens with zero attached hydrogens (tertiary/aromatic N) is 2. The molecule has 1 aromatic rings. The zero-order valence-corrected chi connectivity index (χ0v) is 15.3. The van der Waals surface area contributed by atoms with Crippen LogP contribution in [0.3, 0.4) is 0 Å². The van der Waals surface area contributed by atoms with Crippen LogP contribution in [0.15, 0.2) is 24.3 Å². The molecule has 2 heterocycles. The number of carbonyl (C=O) groups excluding carboxylic acids is 1. The van der Waals surface area contributed by atoms with Crippen molar-refractivity contribution >= 4 is 6.03 Å². The topological polar surface area (TPSA) is 55.8 Å². The van der Waals surface area contributed by atoms with Crippen LogP contribution < -0.4 is 5.32 Å². The van der Waals surface area contributed by atoms with Crippen LogP contribution in [0.5, 0.6) is 0 Å². The van der Waals surface area contributed by atoms with E-state index in [1.54, 1.807) is 0 Å². The first-order valence-corrected chi connectivity index (χ1v) is 9.63. The van der Waals surface area contributed by atoms with Gasteiger partial charge in [0.05, 0.1) is 6.10 Å². The first kappa shape index (κ1) is 18.2. The zero-order valence-electron chi connectivity index (χ0n) is 15.3. The maximum absolute atomic E-state index is 12.4. The molecule has 5 nitrogen and oxygen atoms in total. The molecule has 2 amide bonds. The van der Waals surface area contributed by atoms with Gasteiger partial charge in [-0.2, -0.15) is 0 Å². The molecule has 0 unspecified atom stereocenters. The number of rotatable bonds is 4. The maximum atomic E-state index is 12.4. The smallest absolute Gasteiger partial charge is 0.317 e. The maximum Gasteiger partial charge on any atom is 0.317 e. The van der Waals surface area contributed by atoms with Crippen LogP contribution in [-0.2, 0) is 6.42 Å². The molecule has 2 saturated heterocycles. The largest absolute Gasteiger partial charge is 0.392 e. The number of likely N-dealkylation sites (tertiary alicyclic amines) is 2. The van der Waals surface area contributed by atoms with Crippen molar-refractivity contribution in [2.24, 2.45) is 0 Å². The monoisotopic (exact) mass is 345 g/mol. The number of amides is 2. The van der Waals surface area contributed by atoms with Crippen LogP contribution in [0.4, 0.5) is 4.79 Å². The highest BCUT2D eigenvalue weighted by Crippen LogP contribution is 2.21. The van der Waals surface area contributed by atoms with Crippen molar-refractivity contribution in [3.63, 3.8) is 0 Å². The lowest BCUT2D eigenvalue weighted by atomic mass is 9.99. The third-order valence-corrected chi connectivity index (χ3v) is 5.63. The van der Waals surface area contributed by atoms with Crippen LogP contribution >= 0.6 is 0 Å². The number of benzene rings is 1. The van der Waals surface area contributed by atoms with Gasteiger partial charge in [-0.25, -0.2) is 4.79 Å². The number of aliphatic hydroxyl groups excluding tert-OH is 1. The van der Waals surface area contributed by atoms with Gasteiger partial charge < -0.3 is 15.3 Å². The number of carbonyl (C=O) groups is 1. The first-order valence-electron chi connectivity index (χ1n) is 9.63. The molecule has 2 aliphatic rings. The van der Waals surface area contributed by atoms with Gasteiger partial charge in [-0.05, 0) is 56.7 Å². The molecule has 0 radical (unpaired) electrons. The molecule has 2 fully saturated rings. The van der Waals surface area contributed by atoms with Crippen LogP contribution in [0, 0.1) is 6.92 Å².